The van der Waals surface area contributed by atoms with Crippen LogP contribution in [0.5, 0.6) is 5.75 Å². The van der Waals surface area contributed by atoms with Gasteiger partial charge < -0.3 is 20.1 Å². The summed E-state index contributed by atoms with van der Waals surface area (Å²) in [7, 11) is 1.62. The summed E-state index contributed by atoms with van der Waals surface area (Å²) in [5, 5.41) is 5.66. The Bertz CT molecular complexity index is 414. The molecule has 1 aliphatic rings. The van der Waals surface area contributed by atoms with Crippen LogP contribution in [0.4, 0.5) is 10.5 Å². The van der Waals surface area contributed by atoms with Crippen LogP contribution in [-0.4, -0.2) is 32.9 Å². The molecule has 0 spiro atoms. The Morgan fingerprint density at radius 2 is 2.20 bits per heavy atom. The van der Waals surface area contributed by atoms with E-state index in [0.717, 1.165) is 37.5 Å². The lowest BCUT2D eigenvalue weighted by molar-refractivity contribution is 0.0520. The minimum atomic E-state index is -0.174. The summed E-state index contributed by atoms with van der Waals surface area (Å²) in [4.78, 5) is 11.7. The van der Waals surface area contributed by atoms with Crippen molar-refractivity contribution in [1.29, 1.82) is 0 Å². The largest absolute Gasteiger partial charge is 0.497 e. The highest BCUT2D eigenvalue weighted by molar-refractivity contribution is 5.89. The van der Waals surface area contributed by atoms with Crippen molar-refractivity contribution in [2.24, 2.45) is 5.92 Å². The van der Waals surface area contributed by atoms with Gasteiger partial charge in [0, 0.05) is 25.4 Å². The normalized spacial score (nSPS) is 18.4. The van der Waals surface area contributed by atoms with Gasteiger partial charge in [-0.05, 0) is 49.4 Å². The molecule has 20 heavy (non-hydrogen) atoms. The fourth-order valence-corrected chi connectivity index (χ4v) is 2.27. The van der Waals surface area contributed by atoms with Crippen molar-refractivity contribution in [2.45, 2.75) is 19.3 Å². The molecule has 1 fully saturated rings. The smallest absolute Gasteiger partial charge is 0.319 e. The lowest BCUT2D eigenvalue weighted by atomic mass is 9.99. The maximum absolute atomic E-state index is 11.7. The van der Waals surface area contributed by atoms with E-state index in [-0.39, 0.29) is 6.03 Å². The topological polar surface area (TPSA) is 59.6 Å². The Hall–Kier alpha value is -1.75. The molecule has 5 heteroatoms. The van der Waals surface area contributed by atoms with E-state index in [2.05, 4.69) is 10.6 Å². The molecule has 0 aliphatic carbocycles. The summed E-state index contributed by atoms with van der Waals surface area (Å²) in [5.74, 6) is 1.35. The molecule has 0 radical (unpaired) electrons. The zero-order valence-corrected chi connectivity index (χ0v) is 11.9. The third kappa shape index (κ3) is 4.74. The first-order valence-electron chi connectivity index (χ1n) is 7.04. The first-order chi connectivity index (χ1) is 9.78. The Morgan fingerprint density at radius 3 is 2.85 bits per heavy atom. The highest BCUT2D eigenvalue weighted by Gasteiger charge is 2.13. The van der Waals surface area contributed by atoms with Gasteiger partial charge in [-0.25, -0.2) is 4.79 Å². The Labute approximate surface area is 119 Å². The van der Waals surface area contributed by atoms with Crippen molar-refractivity contribution < 1.29 is 14.3 Å². The second-order valence-corrected chi connectivity index (χ2v) is 4.98. The number of hydrogen-bond donors (Lipinski definition) is 2. The number of carbonyl (C=O) groups is 1. The molecule has 2 N–H and O–H groups in total. The molecule has 0 aromatic heterocycles. The highest BCUT2D eigenvalue weighted by atomic mass is 16.5. The molecule has 110 valence electrons. The number of urea groups is 1. The summed E-state index contributed by atoms with van der Waals surface area (Å²) in [5.41, 5.74) is 0.754. The Balaban J connectivity index is 1.66. The summed E-state index contributed by atoms with van der Waals surface area (Å²) in [6.07, 6.45) is 3.29. The van der Waals surface area contributed by atoms with Crippen molar-refractivity contribution in [3.8, 4) is 5.75 Å². The third-order valence-corrected chi connectivity index (χ3v) is 3.44. The van der Waals surface area contributed by atoms with Gasteiger partial charge >= 0.3 is 6.03 Å². The summed E-state index contributed by atoms with van der Waals surface area (Å²) in [6.45, 7) is 2.37. The molecular formula is C15H22N2O3. The summed E-state index contributed by atoms with van der Waals surface area (Å²) >= 11 is 0. The van der Waals surface area contributed by atoms with Crippen molar-refractivity contribution in [3.63, 3.8) is 0 Å². The molecular weight excluding hydrogens is 256 g/mol. The predicted molar refractivity (Wildman–Crippen MR) is 78.2 cm³/mol. The van der Waals surface area contributed by atoms with Crippen LogP contribution in [0.25, 0.3) is 0 Å². The lowest BCUT2D eigenvalue weighted by Crippen LogP contribution is -2.31. The van der Waals surface area contributed by atoms with Crippen LogP contribution in [-0.2, 0) is 4.74 Å². The molecule has 2 rings (SSSR count). The monoisotopic (exact) mass is 278 g/mol. The molecule has 0 saturated carbocycles. The van der Waals surface area contributed by atoms with Crippen LogP contribution < -0.4 is 15.4 Å². The average molecular weight is 278 g/mol. The standard InChI is InChI=1S/C15H22N2O3/c1-19-14-6-4-13(5-7-14)17-15(18)16-9-8-12-3-2-10-20-11-12/h4-7,12H,2-3,8-11H2,1H3,(H2,16,17,18)/t12-/m1/s1. The number of rotatable bonds is 5. The second-order valence-electron chi connectivity index (χ2n) is 4.98. The lowest BCUT2D eigenvalue weighted by Gasteiger charge is -2.21. The van der Waals surface area contributed by atoms with E-state index in [1.54, 1.807) is 7.11 Å². The van der Waals surface area contributed by atoms with Crippen LogP contribution in [0.3, 0.4) is 0 Å². The first kappa shape index (κ1) is 14.7. The summed E-state index contributed by atoms with van der Waals surface area (Å²) < 4.78 is 10.5. The van der Waals surface area contributed by atoms with Gasteiger partial charge in [0.25, 0.3) is 0 Å². The number of methoxy groups -OCH3 is 1. The van der Waals surface area contributed by atoms with E-state index in [4.69, 9.17) is 9.47 Å². The molecule has 0 bridgehead atoms. The van der Waals surface area contributed by atoms with Crippen LogP contribution in [0.15, 0.2) is 24.3 Å². The minimum Gasteiger partial charge on any atom is -0.497 e. The number of carbonyl (C=O) groups excluding carboxylic acids is 1. The minimum absolute atomic E-state index is 0.174. The van der Waals surface area contributed by atoms with Crippen LogP contribution in [0, 0.1) is 5.92 Å². The molecule has 1 aromatic carbocycles. The zero-order valence-electron chi connectivity index (χ0n) is 11.9. The average Bonchev–Trinajstić information content (AvgIpc) is 2.49. The van der Waals surface area contributed by atoms with Crippen molar-refractivity contribution in [3.05, 3.63) is 24.3 Å². The van der Waals surface area contributed by atoms with Crippen molar-refractivity contribution in [2.75, 3.05) is 32.2 Å². The Kier molecular flexibility index (Phi) is 5.68. The Morgan fingerprint density at radius 1 is 1.40 bits per heavy atom. The highest BCUT2D eigenvalue weighted by Crippen LogP contribution is 2.16. The van der Waals surface area contributed by atoms with Gasteiger partial charge in [-0.15, -0.1) is 0 Å². The SMILES string of the molecule is COc1ccc(NC(=O)NCC[C@H]2CCCOC2)cc1. The molecule has 1 aromatic rings. The van der Waals surface area contributed by atoms with E-state index in [9.17, 15) is 4.79 Å². The van der Waals surface area contributed by atoms with E-state index in [1.807, 2.05) is 24.3 Å². The summed E-state index contributed by atoms with van der Waals surface area (Å²) in [6, 6.07) is 7.08. The molecule has 2 amide bonds. The van der Waals surface area contributed by atoms with Crippen molar-refractivity contribution >= 4 is 11.7 Å². The maximum Gasteiger partial charge on any atom is 0.319 e. The number of benzene rings is 1. The number of nitrogens with one attached hydrogen (secondary N) is 2. The molecule has 1 saturated heterocycles. The predicted octanol–water partition coefficient (Wildman–Crippen LogP) is 2.63. The first-order valence-corrected chi connectivity index (χ1v) is 7.04. The van der Waals surface area contributed by atoms with Gasteiger partial charge in [0.15, 0.2) is 0 Å². The van der Waals surface area contributed by atoms with Crippen LogP contribution in [0.2, 0.25) is 0 Å². The molecule has 1 aliphatic heterocycles. The quantitative estimate of drug-likeness (QED) is 0.870. The fraction of sp³-hybridized carbons (Fsp3) is 0.533. The van der Waals surface area contributed by atoms with Gasteiger partial charge in [0.05, 0.1) is 7.11 Å². The number of ether oxygens (including phenoxy) is 2. The van der Waals surface area contributed by atoms with E-state index >= 15 is 0 Å². The van der Waals surface area contributed by atoms with Gasteiger partial charge in [-0.2, -0.15) is 0 Å². The van der Waals surface area contributed by atoms with Gasteiger partial charge in [0.1, 0.15) is 5.75 Å². The molecule has 0 unspecified atom stereocenters. The maximum atomic E-state index is 11.7. The third-order valence-electron chi connectivity index (χ3n) is 3.44. The molecule has 5 nitrogen and oxygen atoms in total. The van der Waals surface area contributed by atoms with Gasteiger partial charge in [0.2, 0.25) is 0 Å². The van der Waals surface area contributed by atoms with Crippen LogP contribution in [0.1, 0.15) is 19.3 Å². The number of hydrogen-bond acceptors (Lipinski definition) is 3. The van der Waals surface area contributed by atoms with Gasteiger partial charge in [-0.1, -0.05) is 0 Å². The zero-order chi connectivity index (χ0) is 14.2. The van der Waals surface area contributed by atoms with E-state index in [0.29, 0.717) is 12.5 Å². The number of amides is 2. The van der Waals surface area contributed by atoms with Gasteiger partial charge in [-0.3, -0.25) is 0 Å². The molecule has 1 heterocycles. The van der Waals surface area contributed by atoms with Crippen molar-refractivity contribution in [1.82, 2.24) is 5.32 Å². The fourth-order valence-electron chi connectivity index (χ4n) is 2.27. The molecule has 1 atom stereocenters. The van der Waals surface area contributed by atoms with E-state index in [1.165, 1.54) is 6.42 Å². The van der Waals surface area contributed by atoms with Crippen LogP contribution >= 0.6 is 0 Å². The second kappa shape index (κ2) is 7.75. The number of anilines is 1. The van der Waals surface area contributed by atoms with E-state index < -0.39 is 0 Å².